The highest BCUT2D eigenvalue weighted by Gasteiger charge is 2.31. The zero-order valence-electron chi connectivity index (χ0n) is 24.8. The van der Waals surface area contributed by atoms with E-state index in [1.807, 2.05) is 6.92 Å². The summed E-state index contributed by atoms with van der Waals surface area (Å²) in [7, 11) is 0. The molecular formula is C31H32F3N5O4S. The van der Waals surface area contributed by atoms with Crippen molar-refractivity contribution in [1.29, 1.82) is 0 Å². The van der Waals surface area contributed by atoms with Crippen LogP contribution in [0, 0.1) is 0 Å². The molecule has 0 spiro atoms. The molecule has 4 aromatic rings. The van der Waals surface area contributed by atoms with Crippen molar-refractivity contribution in [3.8, 4) is 27.7 Å². The molecule has 0 radical (unpaired) electrons. The number of rotatable bonds is 9. The van der Waals surface area contributed by atoms with Gasteiger partial charge in [-0.3, -0.25) is 4.79 Å². The molecule has 0 aliphatic heterocycles. The predicted molar refractivity (Wildman–Crippen MR) is 160 cm³/mol. The van der Waals surface area contributed by atoms with Gasteiger partial charge in [0.05, 0.1) is 24.4 Å². The minimum Gasteiger partial charge on any atom is -0.464 e. The summed E-state index contributed by atoms with van der Waals surface area (Å²) in [5, 5.41) is 6.10. The number of halogens is 3. The minimum absolute atomic E-state index is 0.0315. The molecule has 9 nitrogen and oxygen atoms in total. The summed E-state index contributed by atoms with van der Waals surface area (Å²) >= 11 is 1.19. The Bertz CT molecular complexity index is 1600. The van der Waals surface area contributed by atoms with Crippen molar-refractivity contribution in [2.24, 2.45) is 0 Å². The largest absolute Gasteiger partial charge is 0.464 e. The molecule has 0 fully saturated rings. The van der Waals surface area contributed by atoms with Crippen LogP contribution in [0.25, 0.3) is 21.7 Å². The Morgan fingerprint density at radius 1 is 0.955 bits per heavy atom. The summed E-state index contributed by atoms with van der Waals surface area (Å²) in [6.07, 6.45) is -0.592. The zero-order valence-corrected chi connectivity index (χ0v) is 25.6. The number of hydrogen-bond acceptors (Lipinski definition) is 8. The average molecular weight is 628 g/mol. The van der Waals surface area contributed by atoms with E-state index in [0.717, 1.165) is 17.7 Å². The Morgan fingerprint density at radius 3 is 2.25 bits per heavy atom. The second-order valence-corrected chi connectivity index (χ2v) is 11.8. The third-order valence-electron chi connectivity index (χ3n) is 6.21. The second-order valence-electron chi connectivity index (χ2n) is 10.8. The summed E-state index contributed by atoms with van der Waals surface area (Å²) in [6, 6.07) is 10.1. The number of nitrogens with zero attached hydrogens (tertiary/aromatic N) is 3. The van der Waals surface area contributed by atoms with Crippen LogP contribution in [0.3, 0.4) is 0 Å². The van der Waals surface area contributed by atoms with Crippen molar-refractivity contribution in [2.75, 3.05) is 6.61 Å². The van der Waals surface area contributed by atoms with Crippen LogP contribution in [-0.4, -0.2) is 39.2 Å². The maximum absolute atomic E-state index is 13.5. The predicted octanol–water partition coefficient (Wildman–Crippen LogP) is 7.20. The number of alkyl halides is 3. The summed E-state index contributed by atoms with van der Waals surface area (Å²) < 4.78 is 51.1. The van der Waals surface area contributed by atoms with Gasteiger partial charge in [0.15, 0.2) is 0 Å². The number of carbonyl (C=O) groups is 2. The van der Waals surface area contributed by atoms with Crippen LogP contribution in [0.4, 0.5) is 18.0 Å². The first-order valence-electron chi connectivity index (χ1n) is 13.7. The lowest BCUT2D eigenvalue weighted by Gasteiger charge is -2.20. The van der Waals surface area contributed by atoms with Crippen molar-refractivity contribution in [3.63, 3.8) is 0 Å². The maximum atomic E-state index is 13.5. The molecule has 13 heteroatoms. The van der Waals surface area contributed by atoms with Gasteiger partial charge in [-0.25, -0.2) is 19.7 Å². The molecule has 0 saturated carbocycles. The minimum atomic E-state index is -4.54. The molecule has 2 aromatic heterocycles. The van der Waals surface area contributed by atoms with Crippen molar-refractivity contribution in [2.45, 2.75) is 59.0 Å². The van der Waals surface area contributed by atoms with Crippen LogP contribution in [0.2, 0.25) is 0 Å². The van der Waals surface area contributed by atoms with Gasteiger partial charge in [-0.15, -0.1) is 11.3 Å². The Labute approximate surface area is 256 Å². The lowest BCUT2D eigenvalue weighted by molar-refractivity contribution is -0.137. The number of carbonyl (C=O) groups excluding carboxylic acids is 2. The van der Waals surface area contributed by atoms with Crippen LogP contribution in [-0.2, 0) is 17.5 Å². The summed E-state index contributed by atoms with van der Waals surface area (Å²) in [5.41, 5.74) is 1.18. The van der Waals surface area contributed by atoms with Gasteiger partial charge in [0.25, 0.3) is 5.91 Å². The summed E-state index contributed by atoms with van der Waals surface area (Å²) in [4.78, 5) is 38.1. The zero-order chi connectivity index (χ0) is 32.1. The fourth-order valence-corrected chi connectivity index (χ4v) is 4.90. The number of nitrogens with one attached hydrogen (secondary N) is 2. The molecule has 232 valence electrons. The van der Waals surface area contributed by atoms with Gasteiger partial charge in [-0.1, -0.05) is 30.3 Å². The number of hydrogen-bond donors (Lipinski definition) is 2. The first-order valence-corrected chi connectivity index (χ1v) is 14.5. The van der Waals surface area contributed by atoms with Crippen LogP contribution in [0.15, 0.2) is 61.1 Å². The molecule has 0 saturated heterocycles. The molecule has 1 atom stereocenters. The Hall–Kier alpha value is -4.52. The third-order valence-corrected chi connectivity index (χ3v) is 7.25. The number of amides is 2. The fraction of sp³-hybridized carbons (Fsp3) is 0.323. The molecule has 0 bridgehead atoms. The Kier molecular flexibility index (Phi) is 9.88. The number of benzene rings is 2. The van der Waals surface area contributed by atoms with Gasteiger partial charge >= 0.3 is 18.3 Å². The summed E-state index contributed by atoms with van der Waals surface area (Å²) in [5.74, 6) is -0.328. The number of thiazole rings is 1. The highest BCUT2D eigenvalue weighted by Crippen LogP contribution is 2.35. The number of ether oxygens (including phenoxy) is 2. The van der Waals surface area contributed by atoms with E-state index < -0.39 is 29.5 Å². The van der Waals surface area contributed by atoms with E-state index >= 15 is 0 Å². The molecule has 4 rings (SSSR count). The molecule has 2 aromatic carbocycles. The lowest BCUT2D eigenvalue weighted by atomic mass is 9.95. The molecule has 0 aliphatic rings. The van der Waals surface area contributed by atoms with E-state index in [1.54, 1.807) is 64.4 Å². The normalized spacial score (nSPS) is 12.4. The SMILES string of the molecule is CCOc1ncc(-c2ncc(C(=O)N[C@H](C)c3ccc(-c4cc(C(F)(F)F)ccc4CNC(=O)OC(C)(C)C)cc3)s2)cn1. The number of alkyl carbamates (subject to hydrolysis) is 1. The molecular weight excluding hydrogens is 595 g/mol. The average Bonchev–Trinajstić information content (AvgIpc) is 3.46. The van der Waals surface area contributed by atoms with Gasteiger partial charge in [-0.05, 0) is 69.0 Å². The van der Waals surface area contributed by atoms with Gasteiger partial charge < -0.3 is 20.1 Å². The maximum Gasteiger partial charge on any atom is 0.416 e. The van der Waals surface area contributed by atoms with Crippen LogP contribution >= 0.6 is 11.3 Å². The van der Waals surface area contributed by atoms with Crippen molar-refractivity contribution in [1.82, 2.24) is 25.6 Å². The van der Waals surface area contributed by atoms with Gasteiger partial charge in [0.2, 0.25) is 0 Å². The van der Waals surface area contributed by atoms with Gasteiger partial charge in [0.1, 0.15) is 15.5 Å². The quantitative estimate of drug-likeness (QED) is 0.202. The van der Waals surface area contributed by atoms with E-state index in [-0.39, 0.29) is 18.5 Å². The van der Waals surface area contributed by atoms with Gasteiger partial charge in [-0.2, -0.15) is 13.2 Å². The van der Waals surface area contributed by atoms with Crippen LogP contribution in [0.5, 0.6) is 6.01 Å². The van der Waals surface area contributed by atoms with E-state index in [0.29, 0.717) is 38.7 Å². The molecule has 44 heavy (non-hydrogen) atoms. The first-order chi connectivity index (χ1) is 20.7. The van der Waals surface area contributed by atoms with E-state index in [4.69, 9.17) is 9.47 Å². The first kappa shape index (κ1) is 32.4. The molecule has 0 unspecified atom stereocenters. The highest BCUT2D eigenvalue weighted by atomic mass is 32.1. The van der Waals surface area contributed by atoms with Crippen molar-refractivity contribution < 1.29 is 32.2 Å². The fourth-order valence-electron chi connectivity index (χ4n) is 4.10. The van der Waals surface area contributed by atoms with Gasteiger partial charge in [0, 0.05) is 24.5 Å². The second kappa shape index (κ2) is 13.4. The van der Waals surface area contributed by atoms with E-state index in [2.05, 4.69) is 25.6 Å². The monoisotopic (exact) mass is 627 g/mol. The van der Waals surface area contributed by atoms with Crippen LogP contribution in [0.1, 0.15) is 67.0 Å². The highest BCUT2D eigenvalue weighted by molar-refractivity contribution is 7.16. The van der Waals surface area contributed by atoms with E-state index in [9.17, 15) is 22.8 Å². The smallest absolute Gasteiger partial charge is 0.416 e. The molecule has 0 aliphatic carbocycles. The lowest BCUT2D eigenvalue weighted by Crippen LogP contribution is -2.32. The Morgan fingerprint density at radius 2 is 1.64 bits per heavy atom. The topological polar surface area (TPSA) is 115 Å². The standard InChI is InChI=1S/C31H32F3N5O4S/c1-6-42-28-36-15-22(16-37-28)27-35-17-25(44-27)26(40)39-18(2)19-7-9-20(10-8-19)24-13-23(31(32,33)34)12-11-21(24)14-38-29(41)43-30(3,4)5/h7-13,15-18H,6,14H2,1-5H3,(H,38,41)(H,39,40)/t18-/m1/s1. The molecule has 2 amide bonds. The van der Waals surface area contributed by atoms with Crippen LogP contribution < -0.4 is 15.4 Å². The summed E-state index contributed by atoms with van der Waals surface area (Å²) in [6.45, 7) is 9.20. The van der Waals surface area contributed by atoms with E-state index in [1.165, 1.54) is 23.6 Å². The molecule has 2 heterocycles. The third kappa shape index (κ3) is 8.53. The molecule has 2 N–H and O–H groups in total. The Balaban J connectivity index is 1.47. The number of aromatic nitrogens is 3. The van der Waals surface area contributed by atoms with Crippen molar-refractivity contribution in [3.05, 3.63) is 82.6 Å². The van der Waals surface area contributed by atoms with Crippen molar-refractivity contribution >= 4 is 23.3 Å².